The van der Waals surface area contributed by atoms with Crippen LogP contribution >= 0.6 is 0 Å². The van der Waals surface area contributed by atoms with Crippen LogP contribution in [0.4, 0.5) is 0 Å². The molecule has 3 aliphatic heterocycles. The van der Waals surface area contributed by atoms with Crippen LogP contribution in [0.1, 0.15) is 25.3 Å². The fourth-order valence-electron chi connectivity index (χ4n) is 3.64. The Morgan fingerprint density at radius 2 is 2.23 bits per heavy atom. The van der Waals surface area contributed by atoms with Gasteiger partial charge in [0.1, 0.15) is 17.3 Å². The maximum absolute atomic E-state index is 10.3. The molecule has 0 aliphatic carbocycles. The number of nitrogens with one attached hydrogen (secondary N) is 1. The number of nitrogens with two attached hydrogens (primary N) is 2. The molecule has 9 heteroatoms. The Morgan fingerprint density at radius 1 is 1.46 bits per heavy atom. The second-order valence-electron chi connectivity index (χ2n) is 6.81. The molecule has 0 saturated heterocycles. The minimum Gasteiger partial charge on any atom is -0.494 e. The standard InChI is InChI=1S/C17H19N7O2/c1-17(2)23(20)12(25)6-11-14-13(9-4-3-5-21-8-9)10(7-18)15(19)26-16(14)22-24(11)17/h3-6,8,11,13,22,25H,19-20H2,1-2H3/t11-,13+/m1/s1. The molecule has 0 spiro atoms. The van der Waals surface area contributed by atoms with Crippen LogP contribution in [-0.2, 0) is 4.74 Å². The van der Waals surface area contributed by atoms with Gasteiger partial charge in [-0.25, -0.2) is 5.84 Å². The molecule has 1 aromatic heterocycles. The van der Waals surface area contributed by atoms with E-state index in [0.717, 1.165) is 11.1 Å². The van der Waals surface area contributed by atoms with Crippen molar-refractivity contribution in [3.8, 4) is 6.07 Å². The van der Waals surface area contributed by atoms with Gasteiger partial charge in [0, 0.05) is 24.0 Å². The third kappa shape index (κ3) is 2.06. The summed E-state index contributed by atoms with van der Waals surface area (Å²) in [5, 5.41) is 23.1. The highest BCUT2D eigenvalue weighted by molar-refractivity contribution is 5.52. The van der Waals surface area contributed by atoms with Crippen molar-refractivity contribution in [2.75, 3.05) is 0 Å². The summed E-state index contributed by atoms with van der Waals surface area (Å²) in [6.07, 6.45) is 4.97. The first-order chi connectivity index (χ1) is 12.4. The molecule has 26 heavy (non-hydrogen) atoms. The molecule has 3 aliphatic rings. The highest BCUT2D eigenvalue weighted by Crippen LogP contribution is 2.46. The summed E-state index contributed by atoms with van der Waals surface area (Å²) in [6, 6.07) is 5.46. The summed E-state index contributed by atoms with van der Waals surface area (Å²) in [5.41, 5.74) is 10.3. The van der Waals surface area contributed by atoms with Gasteiger partial charge in [-0.2, -0.15) is 10.3 Å². The smallest absolute Gasteiger partial charge is 0.212 e. The summed E-state index contributed by atoms with van der Waals surface area (Å²) in [6.45, 7) is 3.71. The van der Waals surface area contributed by atoms with Crippen LogP contribution in [0, 0.1) is 11.3 Å². The van der Waals surface area contributed by atoms with Crippen LogP contribution < -0.4 is 17.0 Å². The number of aromatic nitrogens is 1. The molecular weight excluding hydrogens is 334 g/mol. The Hall–Kier alpha value is -3.22. The Kier molecular flexibility index (Phi) is 3.37. The Labute approximate surface area is 150 Å². The van der Waals surface area contributed by atoms with Gasteiger partial charge in [0.15, 0.2) is 0 Å². The molecule has 0 fully saturated rings. The SMILES string of the molecule is CC1(C)N(N)C(O)=C[C@@H]2C3=C(NN21)OC(N)=C(C#N)[C@@H]3c1cccnc1. The van der Waals surface area contributed by atoms with Crippen molar-refractivity contribution in [2.45, 2.75) is 31.5 Å². The summed E-state index contributed by atoms with van der Waals surface area (Å²) in [7, 11) is 0. The van der Waals surface area contributed by atoms with Crippen molar-refractivity contribution in [2.24, 2.45) is 11.6 Å². The van der Waals surface area contributed by atoms with Crippen LogP contribution in [0.15, 0.2) is 59.4 Å². The second-order valence-corrected chi connectivity index (χ2v) is 6.81. The fourth-order valence-corrected chi connectivity index (χ4v) is 3.64. The number of nitrogens with zero attached hydrogens (tertiary/aromatic N) is 4. The molecule has 0 amide bonds. The van der Waals surface area contributed by atoms with Crippen molar-refractivity contribution in [3.05, 3.63) is 65.0 Å². The molecule has 4 heterocycles. The van der Waals surface area contributed by atoms with Gasteiger partial charge < -0.3 is 15.6 Å². The van der Waals surface area contributed by atoms with Gasteiger partial charge in [0.2, 0.25) is 17.6 Å². The van der Waals surface area contributed by atoms with E-state index in [1.807, 2.05) is 24.9 Å². The third-order valence-corrected chi connectivity index (χ3v) is 5.03. The number of hydrazine groups is 2. The maximum atomic E-state index is 10.3. The zero-order chi connectivity index (χ0) is 18.6. The number of allylic oxidation sites excluding steroid dienone is 1. The molecule has 134 valence electrons. The minimum absolute atomic E-state index is 0.0445. The van der Waals surface area contributed by atoms with Crippen LogP contribution in [0.5, 0.6) is 0 Å². The Bertz CT molecular complexity index is 897. The normalized spacial score (nSPS) is 27.2. The lowest BCUT2D eigenvalue weighted by molar-refractivity contribution is -0.0840. The van der Waals surface area contributed by atoms with Crippen LogP contribution in [-0.4, -0.2) is 31.8 Å². The van der Waals surface area contributed by atoms with Crippen molar-refractivity contribution in [1.29, 1.82) is 5.26 Å². The first kappa shape index (κ1) is 16.3. The quantitative estimate of drug-likeness (QED) is 0.535. The number of ether oxygens (including phenoxy) is 1. The van der Waals surface area contributed by atoms with Crippen LogP contribution in [0.3, 0.4) is 0 Å². The molecule has 0 aromatic carbocycles. The molecule has 0 radical (unpaired) electrons. The van der Waals surface area contributed by atoms with Gasteiger partial charge in [-0.3, -0.25) is 15.4 Å². The number of hydrogen-bond donors (Lipinski definition) is 4. The lowest BCUT2D eigenvalue weighted by Crippen LogP contribution is -2.66. The molecule has 0 bridgehead atoms. The first-order valence-electron chi connectivity index (χ1n) is 8.09. The van der Waals surface area contributed by atoms with Gasteiger partial charge >= 0.3 is 0 Å². The van der Waals surface area contributed by atoms with E-state index >= 15 is 0 Å². The van der Waals surface area contributed by atoms with E-state index in [1.54, 1.807) is 24.5 Å². The number of fused-ring (bicyclic) bond motifs is 2. The monoisotopic (exact) mass is 353 g/mol. The van der Waals surface area contributed by atoms with Gasteiger partial charge in [0.05, 0.1) is 12.0 Å². The van der Waals surface area contributed by atoms with E-state index in [0.29, 0.717) is 11.5 Å². The molecule has 6 N–H and O–H groups in total. The van der Waals surface area contributed by atoms with Crippen molar-refractivity contribution in [3.63, 3.8) is 0 Å². The van der Waals surface area contributed by atoms with E-state index in [9.17, 15) is 10.4 Å². The average molecular weight is 353 g/mol. The molecule has 0 unspecified atom stereocenters. The number of aliphatic hydroxyl groups excluding tert-OH is 1. The predicted octanol–water partition coefficient (Wildman–Crippen LogP) is 0.614. The zero-order valence-electron chi connectivity index (χ0n) is 14.3. The molecule has 0 saturated carbocycles. The number of pyridine rings is 1. The third-order valence-electron chi connectivity index (χ3n) is 5.03. The summed E-state index contributed by atoms with van der Waals surface area (Å²) in [5.74, 6) is 5.99. The van der Waals surface area contributed by atoms with E-state index in [1.165, 1.54) is 5.01 Å². The van der Waals surface area contributed by atoms with Crippen LogP contribution in [0.2, 0.25) is 0 Å². The molecule has 1 aromatic rings. The molecule has 2 atom stereocenters. The van der Waals surface area contributed by atoms with Gasteiger partial charge in [-0.05, 0) is 25.5 Å². The average Bonchev–Trinajstić information content (AvgIpc) is 2.98. The number of rotatable bonds is 1. The topological polar surface area (TPSA) is 137 Å². The summed E-state index contributed by atoms with van der Waals surface area (Å²) in [4.78, 5) is 4.16. The Morgan fingerprint density at radius 3 is 2.88 bits per heavy atom. The lowest BCUT2D eigenvalue weighted by Gasteiger charge is -2.48. The van der Waals surface area contributed by atoms with Crippen LogP contribution in [0.25, 0.3) is 0 Å². The van der Waals surface area contributed by atoms with Crippen molar-refractivity contribution < 1.29 is 9.84 Å². The van der Waals surface area contributed by atoms with E-state index < -0.39 is 11.6 Å². The predicted molar refractivity (Wildman–Crippen MR) is 91.5 cm³/mol. The van der Waals surface area contributed by atoms with E-state index in [-0.39, 0.29) is 17.8 Å². The highest BCUT2D eigenvalue weighted by atomic mass is 16.5. The molecule has 9 nitrogen and oxygen atoms in total. The largest absolute Gasteiger partial charge is 0.494 e. The molecule has 4 rings (SSSR count). The van der Waals surface area contributed by atoms with Gasteiger partial charge in [-0.1, -0.05) is 6.07 Å². The zero-order valence-corrected chi connectivity index (χ0v) is 14.3. The lowest BCUT2D eigenvalue weighted by atomic mass is 9.81. The van der Waals surface area contributed by atoms with Crippen molar-refractivity contribution in [1.82, 2.24) is 20.4 Å². The highest BCUT2D eigenvalue weighted by Gasteiger charge is 2.52. The summed E-state index contributed by atoms with van der Waals surface area (Å²) >= 11 is 0. The van der Waals surface area contributed by atoms with Gasteiger partial charge in [0.25, 0.3) is 0 Å². The second kappa shape index (κ2) is 5.39. The first-order valence-corrected chi connectivity index (χ1v) is 8.09. The van der Waals surface area contributed by atoms with E-state index in [4.69, 9.17) is 16.3 Å². The van der Waals surface area contributed by atoms with Gasteiger partial charge in [-0.15, -0.1) is 0 Å². The summed E-state index contributed by atoms with van der Waals surface area (Å²) < 4.78 is 5.69. The van der Waals surface area contributed by atoms with Crippen molar-refractivity contribution >= 4 is 0 Å². The fraction of sp³-hybridized carbons (Fsp3) is 0.294. The number of aliphatic hydroxyl groups is 1. The molecular formula is C17H19N7O2. The number of hydrogen-bond acceptors (Lipinski definition) is 9. The maximum Gasteiger partial charge on any atom is 0.212 e. The minimum atomic E-state index is -0.759. The van der Waals surface area contributed by atoms with E-state index in [2.05, 4.69) is 16.5 Å². The number of nitriles is 1. The Balaban J connectivity index is 1.88.